The molecule has 2 unspecified atom stereocenters. The minimum absolute atomic E-state index is 0.161. The van der Waals surface area contributed by atoms with E-state index < -0.39 is 0 Å². The summed E-state index contributed by atoms with van der Waals surface area (Å²) in [7, 11) is 0. The third-order valence-electron chi connectivity index (χ3n) is 3.95. The number of para-hydroxylation sites is 1. The van der Waals surface area contributed by atoms with Crippen molar-refractivity contribution in [2.75, 3.05) is 6.54 Å². The maximum atomic E-state index is 11.2. The standard InChI is InChI=1S/C15H20N2O2/c1-15(2)14(11-5-3-4-6-12(11)19-15)16-9-10-7-8-13(18)17-10/h3-6,10,14,16H,7-9H2,1-2H3,(H,17,18). The summed E-state index contributed by atoms with van der Waals surface area (Å²) in [6.45, 7) is 4.98. The van der Waals surface area contributed by atoms with Gasteiger partial charge >= 0.3 is 0 Å². The van der Waals surface area contributed by atoms with E-state index in [1.165, 1.54) is 5.56 Å². The van der Waals surface area contributed by atoms with Gasteiger partial charge in [-0.25, -0.2) is 0 Å². The van der Waals surface area contributed by atoms with E-state index >= 15 is 0 Å². The number of hydrogen-bond acceptors (Lipinski definition) is 3. The molecule has 1 amide bonds. The highest BCUT2D eigenvalue weighted by Gasteiger charge is 2.41. The first-order valence-electron chi connectivity index (χ1n) is 6.87. The molecule has 2 heterocycles. The minimum atomic E-state index is -0.258. The van der Waals surface area contributed by atoms with Crippen LogP contribution in [0.3, 0.4) is 0 Å². The summed E-state index contributed by atoms with van der Waals surface area (Å²) in [6.07, 6.45) is 1.56. The molecule has 1 saturated heterocycles. The normalized spacial score (nSPS) is 27.8. The predicted molar refractivity (Wildman–Crippen MR) is 73.1 cm³/mol. The molecular weight excluding hydrogens is 240 g/mol. The first-order valence-corrected chi connectivity index (χ1v) is 6.87. The van der Waals surface area contributed by atoms with Gasteiger partial charge in [-0.2, -0.15) is 0 Å². The molecule has 0 bridgehead atoms. The summed E-state index contributed by atoms with van der Waals surface area (Å²) in [5.41, 5.74) is 0.948. The number of fused-ring (bicyclic) bond motifs is 1. The Hall–Kier alpha value is -1.55. The topological polar surface area (TPSA) is 50.4 Å². The number of nitrogens with one attached hydrogen (secondary N) is 2. The largest absolute Gasteiger partial charge is 0.486 e. The Morgan fingerprint density at radius 3 is 2.95 bits per heavy atom. The lowest BCUT2D eigenvalue weighted by Crippen LogP contribution is -2.44. The Morgan fingerprint density at radius 2 is 2.21 bits per heavy atom. The van der Waals surface area contributed by atoms with Gasteiger partial charge in [0.2, 0.25) is 5.91 Å². The van der Waals surface area contributed by atoms with Crippen LogP contribution in [0.2, 0.25) is 0 Å². The van der Waals surface area contributed by atoms with Crippen molar-refractivity contribution in [3.8, 4) is 5.75 Å². The van der Waals surface area contributed by atoms with Crippen LogP contribution in [0.1, 0.15) is 38.3 Å². The molecule has 0 spiro atoms. The van der Waals surface area contributed by atoms with Crippen LogP contribution in [-0.4, -0.2) is 24.1 Å². The van der Waals surface area contributed by atoms with Gasteiger partial charge in [0.1, 0.15) is 11.4 Å². The average molecular weight is 260 g/mol. The molecule has 1 aromatic carbocycles. The fraction of sp³-hybridized carbons (Fsp3) is 0.533. The molecule has 2 aliphatic heterocycles. The van der Waals surface area contributed by atoms with Crippen molar-refractivity contribution in [3.05, 3.63) is 29.8 Å². The molecule has 19 heavy (non-hydrogen) atoms. The lowest BCUT2D eigenvalue weighted by atomic mass is 9.94. The second-order valence-corrected chi connectivity index (χ2v) is 5.89. The van der Waals surface area contributed by atoms with Gasteiger partial charge in [0.05, 0.1) is 6.04 Å². The molecule has 2 N–H and O–H groups in total. The van der Waals surface area contributed by atoms with Crippen molar-refractivity contribution in [3.63, 3.8) is 0 Å². The third kappa shape index (κ3) is 2.32. The van der Waals surface area contributed by atoms with Crippen LogP contribution in [0.25, 0.3) is 0 Å². The van der Waals surface area contributed by atoms with E-state index in [9.17, 15) is 4.79 Å². The van der Waals surface area contributed by atoms with E-state index in [-0.39, 0.29) is 23.6 Å². The number of benzene rings is 1. The molecule has 2 aliphatic rings. The fourth-order valence-electron chi connectivity index (χ4n) is 2.98. The number of hydrogen-bond donors (Lipinski definition) is 2. The summed E-state index contributed by atoms with van der Waals surface area (Å²) in [4.78, 5) is 11.2. The van der Waals surface area contributed by atoms with E-state index in [0.29, 0.717) is 6.42 Å². The second-order valence-electron chi connectivity index (χ2n) is 5.89. The zero-order chi connectivity index (χ0) is 13.5. The quantitative estimate of drug-likeness (QED) is 0.871. The van der Waals surface area contributed by atoms with Crippen molar-refractivity contribution >= 4 is 5.91 Å². The Labute approximate surface area is 113 Å². The molecule has 1 aromatic rings. The van der Waals surface area contributed by atoms with E-state index in [1.807, 2.05) is 18.2 Å². The molecule has 2 atom stereocenters. The van der Waals surface area contributed by atoms with Crippen LogP contribution >= 0.6 is 0 Å². The molecule has 4 nitrogen and oxygen atoms in total. The van der Waals surface area contributed by atoms with Crippen LogP contribution in [0.15, 0.2) is 24.3 Å². The molecule has 0 radical (unpaired) electrons. The summed E-state index contributed by atoms with van der Waals surface area (Å²) in [5, 5.41) is 6.54. The maximum absolute atomic E-state index is 11.2. The van der Waals surface area contributed by atoms with Gasteiger partial charge in [0, 0.05) is 24.6 Å². The fourth-order valence-corrected chi connectivity index (χ4v) is 2.98. The van der Waals surface area contributed by atoms with Crippen LogP contribution in [0, 0.1) is 0 Å². The Kier molecular flexibility index (Phi) is 2.97. The Morgan fingerprint density at radius 1 is 1.42 bits per heavy atom. The molecule has 102 valence electrons. The predicted octanol–water partition coefficient (Wildman–Crippen LogP) is 1.77. The number of carbonyl (C=O) groups is 1. The number of rotatable bonds is 3. The highest BCUT2D eigenvalue weighted by molar-refractivity contribution is 5.78. The van der Waals surface area contributed by atoms with E-state index in [0.717, 1.165) is 18.7 Å². The lowest BCUT2D eigenvalue weighted by Gasteiger charge is -2.28. The van der Waals surface area contributed by atoms with Crippen LogP contribution in [0.5, 0.6) is 5.75 Å². The monoisotopic (exact) mass is 260 g/mol. The summed E-state index contributed by atoms with van der Waals surface area (Å²) >= 11 is 0. The van der Waals surface area contributed by atoms with Gasteiger partial charge in [-0.15, -0.1) is 0 Å². The van der Waals surface area contributed by atoms with Crippen molar-refractivity contribution in [2.45, 2.75) is 44.4 Å². The summed E-state index contributed by atoms with van der Waals surface area (Å²) in [5.74, 6) is 1.12. The van der Waals surface area contributed by atoms with Gasteiger partial charge < -0.3 is 15.4 Å². The maximum Gasteiger partial charge on any atom is 0.220 e. The van der Waals surface area contributed by atoms with E-state index in [4.69, 9.17) is 4.74 Å². The van der Waals surface area contributed by atoms with Gasteiger partial charge in [-0.05, 0) is 26.3 Å². The molecule has 0 aromatic heterocycles. The first-order chi connectivity index (χ1) is 9.06. The lowest BCUT2D eigenvalue weighted by molar-refractivity contribution is -0.119. The van der Waals surface area contributed by atoms with Crippen molar-refractivity contribution in [1.29, 1.82) is 0 Å². The van der Waals surface area contributed by atoms with Gasteiger partial charge in [-0.1, -0.05) is 18.2 Å². The number of ether oxygens (including phenoxy) is 1. The van der Waals surface area contributed by atoms with Gasteiger partial charge in [-0.3, -0.25) is 4.79 Å². The molecule has 3 rings (SSSR count). The van der Waals surface area contributed by atoms with Crippen LogP contribution < -0.4 is 15.4 Å². The zero-order valence-electron chi connectivity index (χ0n) is 11.4. The molecule has 0 saturated carbocycles. The van der Waals surface area contributed by atoms with Crippen LogP contribution in [-0.2, 0) is 4.79 Å². The first kappa shape index (κ1) is 12.5. The number of amides is 1. The number of carbonyl (C=O) groups excluding carboxylic acids is 1. The third-order valence-corrected chi connectivity index (χ3v) is 3.95. The summed E-state index contributed by atoms with van der Waals surface area (Å²) < 4.78 is 5.99. The summed E-state index contributed by atoms with van der Waals surface area (Å²) in [6, 6.07) is 8.56. The van der Waals surface area contributed by atoms with Crippen LogP contribution in [0.4, 0.5) is 0 Å². The second kappa shape index (κ2) is 4.53. The SMILES string of the molecule is CC1(C)Oc2ccccc2C1NCC1CCC(=O)N1. The van der Waals surface area contributed by atoms with E-state index in [1.54, 1.807) is 0 Å². The van der Waals surface area contributed by atoms with Gasteiger partial charge in [0.25, 0.3) is 0 Å². The smallest absolute Gasteiger partial charge is 0.220 e. The molecule has 0 aliphatic carbocycles. The Balaban J connectivity index is 1.71. The highest BCUT2D eigenvalue weighted by Crippen LogP contribution is 2.42. The van der Waals surface area contributed by atoms with Crippen molar-refractivity contribution < 1.29 is 9.53 Å². The molecule has 4 heteroatoms. The van der Waals surface area contributed by atoms with Crippen molar-refractivity contribution in [2.24, 2.45) is 0 Å². The van der Waals surface area contributed by atoms with E-state index in [2.05, 4.69) is 30.5 Å². The van der Waals surface area contributed by atoms with Gasteiger partial charge in [0.15, 0.2) is 0 Å². The van der Waals surface area contributed by atoms with Crippen molar-refractivity contribution in [1.82, 2.24) is 10.6 Å². The zero-order valence-corrected chi connectivity index (χ0v) is 11.4. The average Bonchev–Trinajstić information content (AvgIpc) is 2.87. The molecular formula is C15H20N2O2. The molecule has 1 fully saturated rings. The highest BCUT2D eigenvalue weighted by atomic mass is 16.5. The minimum Gasteiger partial charge on any atom is -0.486 e. The Bertz CT molecular complexity index is 499.